The van der Waals surface area contributed by atoms with Crippen LogP contribution in [0, 0.1) is 34.5 Å². The molecule has 4 fully saturated rings. The van der Waals surface area contributed by atoms with Crippen LogP contribution >= 0.6 is 0 Å². The lowest BCUT2D eigenvalue weighted by Crippen LogP contribution is -2.58. The van der Waals surface area contributed by atoms with Crippen LogP contribution < -0.4 is 0 Å². The first-order valence-corrected chi connectivity index (χ1v) is 10.1. The van der Waals surface area contributed by atoms with Gasteiger partial charge in [-0.25, -0.2) is 0 Å². The van der Waals surface area contributed by atoms with Crippen LogP contribution in [0.15, 0.2) is 0 Å². The van der Waals surface area contributed by atoms with E-state index in [9.17, 15) is 9.90 Å². The zero-order valence-electron chi connectivity index (χ0n) is 15.2. The summed E-state index contributed by atoms with van der Waals surface area (Å²) < 4.78 is 0. The van der Waals surface area contributed by atoms with Crippen LogP contribution in [0.3, 0.4) is 0 Å². The predicted octanol–water partition coefficient (Wildman–Crippen LogP) is 4.74. The van der Waals surface area contributed by atoms with Crippen LogP contribution in [-0.2, 0) is 4.79 Å². The lowest BCUT2D eigenvalue weighted by atomic mass is 9.44. The molecule has 4 rings (SSSR count). The Hall–Kier alpha value is -0.370. The van der Waals surface area contributed by atoms with E-state index in [2.05, 4.69) is 13.8 Å². The topological polar surface area (TPSA) is 37.3 Å². The molecule has 130 valence electrons. The SMILES string of the molecule is CC(=O)C1(O)CCC2C3CCC4CCCCC4(C)C3CCC21C. The highest BCUT2D eigenvalue weighted by Gasteiger charge is 2.65. The van der Waals surface area contributed by atoms with E-state index in [0.29, 0.717) is 17.8 Å². The molecule has 1 N–H and O–H groups in total. The molecule has 0 spiro atoms. The van der Waals surface area contributed by atoms with E-state index in [0.717, 1.165) is 30.6 Å². The van der Waals surface area contributed by atoms with Crippen LogP contribution in [0.2, 0.25) is 0 Å². The van der Waals surface area contributed by atoms with Gasteiger partial charge in [-0.1, -0.05) is 26.7 Å². The van der Waals surface area contributed by atoms with Crippen molar-refractivity contribution in [3.63, 3.8) is 0 Å². The molecule has 0 amide bonds. The third kappa shape index (κ3) is 1.94. The van der Waals surface area contributed by atoms with Crippen molar-refractivity contribution in [3.8, 4) is 0 Å². The summed E-state index contributed by atoms with van der Waals surface area (Å²) in [7, 11) is 0. The summed E-state index contributed by atoms with van der Waals surface area (Å²) in [6.45, 7) is 6.43. The molecule has 7 atom stereocenters. The molecule has 0 bridgehead atoms. The Morgan fingerprint density at radius 2 is 1.65 bits per heavy atom. The van der Waals surface area contributed by atoms with E-state index in [1.165, 1.54) is 44.9 Å². The minimum atomic E-state index is -1.05. The molecule has 0 aliphatic heterocycles. The number of hydrogen-bond acceptors (Lipinski definition) is 2. The van der Waals surface area contributed by atoms with E-state index in [1.54, 1.807) is 6.92 Å². The summed E-state index contributed by atoms with van der Waals surface area (Å²) in [4.78, 5) is 12.2. The monoisotopic (exact) mass is 318 g/mol. The fraction of sp³-hybridized carbons (Fsp3) is 0.952. The minimum absolute atomic E-state index is 0.0125. The summed E-state index contributed by atoms with van der Waals surface area (Å²) >= 11 is 0. The Morgan fingerprint density at radius 1 is 0.913 bits per heavy atom. The Kier molecular flexibility index (Phi) is 3.55. The van der Waals surface area contributed by atoms with E-state index in [1.807, 2.05) is 0 Å². The van der Waals surface area contributed by atoms with Crippen LogP contribution in [0.1, 0.15) is 85.0 Å². The lowest BCUT2D eigenvalue weighted by Gasteiger charge is -2.61. The molecule has 2 heteroatoms. The number of carbonyl (C=O) groups is 1. The molecule has 7 unspecified atom stereocenters. The highest BCUT2D eigenvalue weighted by Crippen LogP contribution is 2.68. The fourth-order valence-electron chi connectivity index (χ4n) is 7.89. The molecule has 0 heterocycles. The standard InChI is InChI=1S/C21H34O2/c1-14(22)21(23)13-10-18-16-8-7-15-6-4-5-11-19(15,2)17(16)9-12-20(18,21)3/h15-18,23H,4-13H2,1-3H3. The molecule has 0 aromatic heterocycles. The highest BCUT2D eigenvalue weighted by atomic mass is 16.3. The van der Waals surface area contributed by atoms with E-state index < -0.39 is 5.60 Å². The van der Waals surface area contributed by atoms with Crippen molar-refractivity contribution >= 4 is 5.78 Å². The van der Waals surface area contributed by atoms with Gasteiger partial charge in [0.2, 0.25) is 0 Å². The third-order valence-corrected chi connectivity index (χ3v) is 9.32. The Morgan fingerprint density at radius 3 is 2.39 bits per heavy atom. The van der Waals surface area contributed by atoms with Crippen molar-refractivity contribution in [2.24, 2.45) is 34.5 Å². The summed E-state index contributed by atoms with van der Waals surface area (Å²) in [6.07, 6.45) is 12.5. The molecular weight excluding hydrogens is 284 g/mol. The van der Waals surface area contributed by atoms with Crippen LogP contribution in [-0.4, -0.2) is 16.5 Å². The summed E-state index contributed by atoms with van der Waals surface area (Å²) in [5.74, 6) is 3.11. The van der Waals surface area contributed by atoms with Gasteiger partial charge in [0.15, 0.2) is 5.78 Å². The smallest absolute Gasteiger partial charge is 0.161 e. The van der Waals surface area contributed by atoms with E-state index >= 15 is 0 Å². The van der Waals surface area contributed by atoms with Gasteiger partial charge >= 0.3 is 0 Å². The second-order valence-electron chi connectivity index (χ2n) is 9.81. The maximum Gasteiger partial charge on any atom is 0.161 e. The molecular formula is C21H34O2. The summed E-state index contributed by atoms with van der Waals surface area (Å²) in [5, 5.41) is 11.2. The number of fused-ring (bicyclic) bond motifs is 5. The normalized spacial score (nSPS) is 55.7. The molecule has 4 aliphatic carbocycles. The van der Waals surface area contributed by atoms with Gasteiger partial charge in [-0.2, -0.15) is 0 Å². The first-order chi connectivity index (χ1) is 10.8. The number of hydrogen-bond donors (Lipinski definition) is 1. The van der Waals surface area contributed by atoms with Crippen LogP contribution in [0.5, 0.6) is 0 Å². The predicted molar refractivity (Wildman–Crippen MR) is 92.0 cm³/mol. The van der Waals surface area contributed by atoms with Crippen molar-refractivity contribution in [1.82, 2.24) is 0 Å². The van der Waals surface area contributed by atoms with Crippen molar-refractivity contribution in [3.05, 3.63) is 0 Å². The average Bonchev–Trinajstić information content (AvgIpc) is 2.80. The quantitative estimate of drug-likeness (QED) is 0.758. The molecule has 23 heavy (non-hydrogen) atoms. The van der Waals surface area contributed by atoms with Gasteiger partial charge in [-0.3, -0.25) is 4.79 Å². The molecule has 0 saturated heterocycles. The number of Topliss-reactive ketones (excluding diaryl/α,β-unsaturated/α-hetero) is 1. The molecule has 0 radical (unpaired) electrons. The summed E-state index contributed by atoms with van der Waals surface area (Å²) in [6, 6.07) is 0. The number of rotatable bonds is 1. The molecule has 4 saturated carbocycles. The van der Waals surface area contributed by atoms with E-state index in [4.69, 9.17) is 0 Å². The van der Waals surface area contributed by atoms with Crippen molar-refractivity contribution in [2.75, 3.05) is 0 Å². The molecule has 0 aromatic carbocycles. The lowest BCUT2D eigenvalue weighted by molar-refractivity contribution is -0.167. The molecule has 2 nitrogen and oxygen atoms in total. The van der Waals surface area contributed by atoms with Crippen molar-refractivity contribution in [2.45, 2.75) is 90.6 Å². The maximum absolute atomic E-state index is 12.2. The van der Waals surface area contributed by atoms with Gasteiger partial charge < -0.3 is 5.11 Å². The van der Waals surface area contributed by atoms with Gasteiger partial charge in [0.05, 0.1) is 0 Å². The van der Waals surface area contributed by atoms with E-state index in [-0.39, 0.29) is 11.2 Å². The van der Waals surface area contributed by atoms with Gasteiger partial charge in [-0.05, 0) is 87.4 Å². The maximum atomic E-state index is 12.2. The van der Waals surface area contributed by atoms with Gasteiger partial charge in [-0.15, -0.1) is 0 Å². The number of ketones is 1. The average molecular weight is 319 g/mol. The first kappa shape index (κ1) is 16.1. The zero-order chi connectivity index (χ0) is 16.5. The second-order valence-corrected chi connectivity index (χ2v) is 9.81. The Balaban J connectivity index is 1.67. The largest absolute Gasteiger partial charge is 0.382 e. The first-order valence-electron chi connectivity index (χ1n) is 10.1. The minimum Gasteiger partial charge on any atom is -0.382 e. The Bertz CT molecular complexity index is 514. The third-order valence-electron chi connectivity index (χ3n) is 9.32. The van der Waals surface area contributed by atoms with Crippen LogP contribution in [0.4, 0.5) is 0 Å². The highest BCUT2D eigenvalue weighted by molar-refractivity contribution is 5.86. The van der Waals surface area contributed by atoms with Crippen LogP contribution in [0.25, 0.3) is 0 Å². The van der Waals surface area contributed by atoms with Gasteiger partial charge in [0.25, 0.3) is 0 Å². The fourth-order valence-corrected chi connectivity index (χ4v) is 7.89. The number of carbonyl (C=O) groups excluding carboxylic acids is 1. The molecule has 4 aliphatic rings. The Labute approximate surface area is 141 Å². The van der Waals surface area contributed by atoms with Crippen molar-refractivity contribution < 1.29 is 9.90 Å². The van der Waals surface area contributed by atoms with Gasteiger partial charge in [0.1, 0.15) is 5.60 Å². The number of aliphatic hydroxyl groups is 1. The molecule has 0 aromatic rings. The van der Waals surface area contributed by atoms with Crippen molar-refractivity contribution in [1.29, 1.82) is 0 Å². The van der Waals surface area contributed by atoms with Gasteiger partial charge in [0, 0.05) is 5.41 Å². The summed E-state index contributed by atoms with van der Waals surface area (Å²) in [5.41, 5.74) is -0.676. The zero-order valence-corrected chi connectivity index (χ0v) is 15.2. The second kappa shape index (κ2) is 5.07.